The molecule has 0 fully saturated rings. The van der Waals surface area contributed by atoms with Crippen molar-refractivity contribution in [3.05, 3.63) is 129 Å². The second-order valence-electron chi connectivity index (χ2n) is 18.3. The summed E-state index contributed by atoms with van der Waals surface area (Å²) in [6.07, 6.45) is 31.2. The van der Waals surface area contributed by atoms with Crippen molar-refractivity contribution in [2.24, 2.45) is 0 Å². The van der Waals surface area contributed by atoms with Crippen molar-refractivity contribution in [1.82, 2.24) is 0 Å². The van der Waals surface area contributed by atoms with Crippen molar-refractivity contribution in [2.75, 3.05) is 0 Å². The average Bonchev–Trinajstić information content (AvgIpc) is 3.34. The number of ether oxygens (including phenoxy) is 2. The lowest BCUT2D eigenvalue weighted by Crippen LogP contribution is -2.18. The zero-order valence-corrected chi connectivity index (χ0v) is 42.2. The Morgan fingerprint density at radius 3 is 0.928 bits per heavy atom. The Hall–Kier alpha value is -5.24. The second-order valence-corrected chi connectivity index (χ2v) is 18.3. The van der Waals surface area contributed by atoms with Crippen molar-refractivity contribution >= 4 is 23.9 Å². The fourth-order valence-corrected chi connectivity index (χ4v) is 8.89. The molecule has 0 saturated heterocycles. The number of para-hydroxylation sites is 2. The van der Waals surface area contributed by atoms with Gasteiger partial charge in [-0.15, -0.1) is 0 Å². The Morgan fingerprint density at radius 1 is 0.362 bits per heavy atom. The van der Waals surface area contributed by atoms with E-state index in [1.807, 2.05) is 24.3 Å². The van der Waals surface area contributed by atoms with Crippen LogP contribution in [0.25, 0.3) is 0 Å². The molecule has 0 unspecified atom stereocenters. The van der Waals surface area contributed by atoms with Crippen LogP contribution in [0, 0.1) is 0 Å². The highest BCUT2D eigenvalue weighted by atomic mass is 16.5. The lowest BCUT2D eigenvalue weighted by Gasteiger charge is -2.17. The normalized spacial score (nSPS) is 10.7. The van der Waals surface area contributed by atoms with E-state index in [0.29, 0.717) is 24.3 Å². The van der Waals surface area contributed by atoms with Gasteiger partial charge in [-0.3, -0.25) is 0 Å². The third kappa shape index (κ3) is 22.8. The van der Waals surface area contributed by atoms with E-state index in [4.69, 9.17) is 9.47 Å². The van der Waals surface area contributed by atoms with Gasteiger partial charge >= 0.3 is 23.9 Å². The smallest absolute Gasteiger partial charge is 0.344 e. The molecule has 4 aromatic rings. The minimum absolute atomic E-state index is 0. The van der Waals surface area contributed by atoms with E-state index in [1.165, 1.54) is 103 Å². The number of hydrogen-bond donors (Lipinski definition) is 2. The third-order valence-corrected chi connectivity index (χ3v) is 12.8. The summed E-state index contributed by atoms with van der Waals surface area (Å²) in [5.74, 6) is -2.47. The largest absolute Gasteiger partial charge is 0.478 e. The van der Waals surface area contributed by atoms with Crippen LogP contribution in [0.2, 0.25) is 0 Å². The molecule has 4 rings (SSSR count). The summed E-state index contributed by atoms with van der Waals surface area (Å²) in [4.78, 5) is 50.6. The van der Waals surface area contributed by atoms with Crippen molar-refractivity contribution in [1.29, 1.82) is 0 Å². The standard InChI is InChI=1S/2C30H42O4.CH4/c2*1-3-5-7-9-11-14-18-24-22-23-27(29(31)32)28(26(24)21-17-12-10-8-6-4-2)30(33)34-25-19-15-13-16-20-25;/h2*13,15-16,19-20,22-23H,3-12,14,17-18,21H2,1-2H3,(H,31,32);1H4. The van der Waals surface area contributed by atoms with Gasteiger partial charge in [0.15, 0.2) is 0 Å². The van der Waals surface area contributed by atoms with Crippen LogP contribution in [0.15, 0.2) is 84.9 Å². The molecular formula is C61H88O8. The molecule has 0 saturated carbocycles. The number of carbonyl (C=O) groups excluding carboxylic acids is 2. The first-order valence-electron chi connectivity index (χ1n) is 26.5. The molecular weight excluding hydrogens is 861 g/mol. The van der Waals surface area contributed by atoms with Gasteiger partial charge in [-0.2, -0.15) is 0 Å². The number of carbonyl (C=O) groups is 4. The van der Waals surface area contributed by atoms with Crippen LogP contribution in [-0.4, -0.2) is 34.1 Å². The van der Waals surface area contributed by atoms with Crippen LogP contribution in [0.3, 0.4) is 0 Å². The van der Waals surface area contributed by atoms with Crippen molar-refractivity contribution in [3.8, 4) is 11.5 Å². The molecule has 0 aliphatic rings. The molecule has 0 amide bonds. The molecule has 0 aliphatic heterocycles. The van der Waals surface area contributed by atoms with E-state index in [9.17, 15) is 29.4 Å². The maximum absolute atomic E-state index is 13.2. The predicted octanol–water partition coefficient (Wildman–Crippen LogP) is 17.5. The highest BCUT2D eigenvalue weighted by Gasteiger charge is 2.26. The summed E-state index contributed by atoms with van der Waals surface area (Å²) in [6.45, 7) is 8.84. The van der Waals surface area contributed by atoms with E-state index in [1.54, 1.807) is 60.7 Å². The molecule has 0 spiro atoms. The summed E-state index contributed by atoms with van der Waals surface area (Å²) in [5.41, 5.74) is 4.45. The number of aryl methyl sites for hydroxylation is 2. The van der Waals surface area contributed by atoms with E-state index >= 15 is 0 Å². The zero-order valence-electron chi connectivity index (χ0n) is 42.2. The van der Waals surface area contributed by atoms with Gasteiger partial charge in [0.1, 0.15) is 11.5 Å². The van der Waals surface area contributed by atoms with Crippen LogP contribution in [0.5, 0.6) is 11.5 Å². The molecule has 8 heteroatoms. The van der Waals surface area contributed by atoms with Crippen molar-refractivity contribution in [3.63, 3.8) is 0 Å². The number of hydrogen-bond acceptors (Lipinski definition) is 6. The molecule has 0 aromatic heterocycles. The van der Waals surface area contributed by atoms with Gasteiger partial charge in [0, 0.05) is 0 Å². The number of carboxylic acids is 2. The Morgan fingerprint density at radius 2 is 0.638 bits per heavy atom. The average molecular weight is 949 g/mol. The topological polar surface area (TPSA) is 127 Å². The van der Waals surface area contributed by atoms with Crippen molar-refractivity contribution < 1.29 is 38.9 Å². The van der Waals surface area contributed by atoms with Crippen LogP contribution in [0.1, 0.15) is 253 Å². The first-order valence-corrected chi connectivity index (χ1v) is 26.5. The molecule has 0 aliphatic carbocycles. The highest BCUT2D eigenvalue weighted by Crippen LogP contribution is 2.29. The highest BCUT2D eigenvalue weighted by molar-refractivity contribution is 6.05. The summed E-state index contributed by atoms with van der Waals surface area (Å²) in [6, 6.07) is 24.8. The fraction of sp³-hybridized carbons (Fsp3) is 0.541. The molecule has 69 heavy (non-hydrogen) atoms. The van der Waals surface area contributed by atoms with E-state index in [2.05, 4.69) is 27.7 Å². The first kappa shape index (κ1) is 59.9. The maximum atomic E-state index is 13.2. The van der Waals surface area contributed by atoms with Gasteiger partial charge in [0.2, 0.25) is 0 Å². The number of carboxylic acid groups (broad SMARTS) is 2. The van der Waals surface area contributed by atoms with Crippen molar-refractivity contribution in [2.45, 2.75) is 215 Å². The van der Waals surface area contributed by atoms with Crippen LogP contribution < -0.4 is 9.47 Å². The lowest BCUT2D eigenvalue weighted by atomic mass is 9.89. The van der Waals surface area contributed by atoms with Gasteiger partial charge in [0.25, 0.3) is 0 Å². The second kappa shape index (κ2) is 36.7. The Kier molecular flexibility index (Phi) is 31.9. The monoisotopic (exact) mass is 949 g/mol. The lowest BCUT2D eigenvalue weighted by molar-refractivity contribution is 0.0665. The quantitative estimate of drug-likeness (QED) is 0.0269. The number of benzene rings is 4. The molecule has 2 N–H and O–H groups in total. The molecule has 380 valence electrons. The molecule has 0 bridgehead atoms. The summed E-state index contributed by atoms with van der Waals surface area (Å²) >= 11 is 0. The zero-order chi connectivity index (χ0) is 49.2. The molecule has 0 atom stereocenters. The van der Waals surface area contributed by atoms with E-state index < -0.39 is 23.9 Å². The Labute approximate surface area is 417 Å². The SMILES string of the molecule is C.CCCCCCCCc1ccc(C(=O)O)c(C(=O)Oc2ccccc2)c1CCCCCCCC.CCCCCCCCc1ccc(C(=O)O)c(C(=O)Oc2ccccc2)c1CCCCCCCC. The van der Waals surface area contributed by atoms with Gasteiger partial charge in [-0.25, -0.2) is 19.2 Å². The van der Waals surface area contributed by atoms with E-state index in [-0.39, 0.29) is 29.7 Å². The Bertz CT molecular complexity index is 1890. The van der Waals surface area contributed by atoms with E-state index in [0.717, 1.165) is 86.5 Å². The maximum Gasteiger partial charge on any atom is 0.344 e. The number of rotatable bonds is 34. The van der Waals surface area contributed by atoms with Crippen LogP contribution >= 0.6 is 0 Å². The third-order valence-electron chi connectivity index (χ3n) is 12.8. The number of aromatic carboxylic acids is 2. The minimum Gasteiger partial charge on any atom is -0.478 e. The molecule has 0 radical (unpaired) electrons. The minimum atomic E-state index is -1.09. The molecule has 4 aromatic carbocycles. The number of esters is 2. The first-order chi connectivity index (χ1) is 33.2. The Balaban J connectivity index is 0.000000467. The summed E-state index contributed by atoms with van der Waals surface area (Å²) < 4.78 is 11.2. The summed E-state index contributed by atoms with van der Waals surface area (Å²) in [7, 11) is 0. The van der Waals surface area contributed by atoms with Crippen LogP contribution in [0.4, 0.5) is 0 Å². The van der Waals surface area contributed by atoms with Gasteiger partial charge in [-0.1, -0.05) is 212 Å². The fourth-order valence-electron chi connectivity index (χ4n) is 8.89. The van der Waals surface area contributed by atoms with Crippen LogP contribution in [-0.2, 0) is 25.7 Å². The molecule has 8 nitrogen and oxygen atoms in total. The number of unbranched alkanes of at least 4 members (excludes halogenated alkanes) is 20. The predicted molar refractivity (Wildman–Crippen MR) is 285 cm³/mol. The summed E-state index contributed by atoms with van der Waals surface area (Å²) in [5, 5.41) is 19.7. The van der Waals surface area contributed by atoms with Gasteiger partial charge in [0.05, 0.1) is 22.3 Å². The van der Waals surface area contributed by atoms with Gasteiger partial charge in [-0.05, 0) is 110 Å². The van der Waals surface area contributed by atoms with Gasteiger partial charge < -0.3 is 19.7 Å². The molecule has 0 heterocycles.